The molecule has 0 saturated carbocycles. The van der Waals surface area contributed by atoms with E-state index in [0.717, 1.165) is 22.9 Å². The number of hydrogen-bond acceptors (Lipinski definition) is 7. The van der Waals surface area contributed by atoms with Crippen LogP contribution in [-0.4, -0.2) is 49.1 Å². The molecule has 0 fully saturated rings. The van der Waals surface area contributed by atoms with Gasteiger partial charge in [-0.05, 0) is 35.4 Å². The maximum absolute atomic E-state index is 11.8. The largest absolute Gasteiger partial charge is 0.492 e. The van der Waals surface area contributed by atoms with Gasteiger partial charge in [0.2, 0.25) is 5.88 Å². The van der Waals surface area contributed by atoms with E-state index >= 15 is 0 Å². The summed E-state index contributed by atoms with van der Waals surface area (Å²) in [5.41, 5.74) is 4.62. The zero-order valence-electron chi connectivity index (χ0n) is 19.1. The van der Waals surface area contributed by atoms with Crippen molar-refractivity contribution in [3.05, 3.63) is 90.6 Å². The molecule has 0 amide bonds. The van der Waals surface area contributed by atoms with E-state index in [-0.39, 0.29) is 16.5 Å². The van der Waals surface area contributed by atoms with Crippen molar-refractivity contribution in [2.45, 2.75) is 11.4 Å². The number of hydrogen-bond donors (Lipinski definition) is 1. The summed E-state index contributed by atoms with van der Waals surface area (Å²) >= 11 is 0. The standard InChI is InChI=1S/C26H20N6O3S/c1-36(34,35)19-13-11-18(12-14-19)20-15-27-32-24(20)30-29-23(26(32)33)25-28-21-9-5-6-10-22(21)31(25)16-17-7-3-2-4-8-17/h2-15,33H,16H2,1H3. The van der Waals surface area contributed by atoms with Gasteiger partial charge >= 0.3 is 0 Å². The molecule has 6 aromatic rings. The summed E-state index contributed by atoms with van der Waals surface area (Å²) in [7, 11) is -3.31. The zero-order chi connectivity index (χ0) is 24.9. The van der Waals surface area contributed by atoms with E-state index in [1.807, 2.05) is 59.2 Å². The number of para-hydroxylation sites is 2. The van der Waals surface area contributed by atoms with Crippen molar-refractivity contribution in [2.24, 2.45) is 0 Å². The van der Waals surface area contributed by atoms with Crippen LogP contribution in [0.2, 0.25) is 0 Å². The molecule has 0 aliphatic rings. The lowest BCUT2D eigenvalue weighted by atomic mass is 10.1. The van der Waals surface area contributed by atoms with Gasteiger partial charge in [-0.25, -0.2) is 13.4 Å². The monoisotopic (exact) mass is 496 g/mol. The van der Waals surface area contributed by atoms with Crippen LogP contribution in [-0.2, 0) is 16.4 Å². The number of nitrogens with zero attached hydrogens (tertiary/aromatic N) is 6. The fourth-order valence-electron chi connectivity index (χ4n) is 4.25. The van der Waals surface area contributed by atoms with E-state index < -0.39 is 9.84 Å². The minimum Gasteiger partial charge on any atom is -0.492 e. The van der Waals surface area contributed by atoms with E-state index in [1.54, 1.807) is 18.3 Å². The van der Waals surface area contributed by atoms with Crippen molar-refractivity contribution in [1.82, 2.24) is 29.4 Å². The molecule has 1 N–H and O–H groups in total. The van der Waals surface area contributed by atoms with Crippen molar-refractivity contribution in [3.63, 3.8) is 0 Å². The average molecular weight is 497 g/mol. The van der Waals surface area contributed by atoms with E-state index in [0.29, 0.717) is 29.1 Å². The first-order valence-electron chi connectivity index (χ1n) is 11.1. The normalized spacial score (nSPS) is 11.9. The fraction of sp³-hybridized carbons (Fsp3) is 0.0769. The van der Waals surface area contributed by atoms with Gasteiger partial charge in [-0.2, -0.15) is 9.61 Å². The van der Waals surface area contributed by atoms with Crippen molar-refractivity contribution in [3.8, 4) is 28.5 Å². The van der Waals surface area contributed by atoms with Gasteiger partial charge in [0.1, 0.15) is 0 Å². The summed E-state index contributed by atoms with van der Waals surface area (Å²) < 4.78 is 26.9. The lowest BCUT2D eigenvalue weighted by Gasteiger charge is -2.10. The molecule has 0 aliphatic heterocycles. The summed E-state index contributed by atoms with van der Waals surface area (Å²) in [6.45, 7) is 0.535. The Balaban J connectivity index is 1.48. The SMILES string of the molecule is CS(=O)(=O)c1ccc(-c2cnn3c(O)c(-c4nc5ccccc5n4Cc4ccccc4)nnc23)cc1. The molecule has 0 atom stereocenters. The van der Waals surface area contributed by atoms with Crippen LogP contribution in [0, 0.1) is 0 Å². The maximum atomic E-state index is 11.8. The minimum atomic E-state index is -3.31. The van der Waals surface area contributed by atoms with E-state index in [1.165, 1.54) is 16.6 Å². The van der Waals surface area contributed by atoms with Gasteiger partial charge < -0.3 is 9.67 Å². The predicted molar refractivity (Wildman–Crippen MR) is 135 cm³/mol. The molecular weight excluding hydrogens is 476 g/mol. The molecule has 9 nitrogen and oxygen atoms in total. The van der Waals surface area contributed by atoms with Crippen molar-refractivity contribution < 1.29 is 13.5 Å². The fourth-order valence-corrected chi connectivity index (χ4v) is 4.88. The van der Waals surface area contributed by atoms with E-state index in [9.17, 15) is 13.5 Å². The smallest absolute Gasteiger partial charge is 0.246 e. The summed E-state index contributed by atoms with van der Waals surface area (Å²) in [5.74, 6) is 0.283. The van der Waals surface area contributed by atoms with E-state index in [4.69, 9.17) is 4.98 Å². The Morgan fingerprint density at radius 1 is 0.889 bits per heavy atom. The van der Waals surface area contributed by atoms with Gasteiger partial charge in [0.05, 0.1) is 22.1 Å². The van der Waals surface area contributed by atoms with Crippen molar-refractivity contribution >= 4 is 26.5 Å². The number of aromatic nitrogens is 6. The van der Waals surface area contributed by atoms with Gasteiger partial charge in [-0.15, -0.1) is 10.2 Å². The molecule has 0 radical (unpaired) electrons. The van der Waals surface area contributed by atoms with Crippen LogP contribution < -0.4 is 0 Å². The van der Waals surface area contributed by atoms with Crippen LogP contribution >= 0.6 is 0 Å². The molecule has 0 spiro atoms. The average Bonchev–Trinajstić information content (AvgIpc) is 3.47. The number of fused-ring (bicyclic) bond motifs is 2. The molecule has 3 aromatic carbocycles. The third-order valence-electron chi connectivity index (χ3n) is 6.04. The van der Waals surface area contributed by atoms with Crippen LogP contribution in [0.15, 0.2) is 90.0 Å². The first-order chi connectivity index (χ1) is 17.4. The van der Waals surface area contributed by atoms with Crippen LogP contribution in [0.3, 0.4) is 0 Å². The lowest BCUT2D eigenvalue weighted by Crippen LogP contribution is -2.06. The Morgan fingerprint density at radius 3 is 2.36 bits per heavy atom. The van der Waals surface area contributed by atoms with Crippen LogP contribution in [0.5, 0.6) is 5.88 Å². The zero-order valence-corrected chi connectivity index (χ0v) is 20.0. The van der Waals surface area contributed by atoms with Crippen molar-refractivity contribution in [2.75, 3.05) is 6.26 Å². The van der Waals surface area contributed by atoms with Gasteiger partial charge in [0.25, 0.3) is 0 Å². The molecule has 0 saturated heterocycles. The van der Waals surface area contributed by atoms with Gasteiger partial charge in [0, 0.05) is 18.4 Å². The first-order valence-corrected chi connectivity index (χ1v) is 13.0. The highest BCUT2D eigenvalue weighted by atomic mass is 32.2. The number of imidazole rings is 1. The molecule has 6 rings (SSSR count). The molecule has 0 bridgehead atoms. The Kier molecular flexibility index (Phi) is 5.04. The molecule has 36 heavy (non-hydrogen) atoms. The summed E-state index contributed by atoms with van der Waals surface area (Å²) in [6, 6.07) is 24.1. The first kappa shape index (κ1) is 21.9. The molecule has 3 heterocycles. The van der Waals surface area contributed by atoms with Crippen LogP contribution in [0.4, 0.5) is 0 Å². The Bertz CT molecular complexity index is 1840. The summed E-state index contributed by atoms with van der Waals surface area (Å²) in [6.07, 6.45) is 2.73. The molecule has 0 aliphatic carbocycles. The van der Waals surface area contributed by atoms with Gasteiger partial charge in [-0.3, -0.25) is 0 Å². The summed E-state index contributed by atoms with van der Waals surface area (Å²) in [4.78, 5) is 4.97. The number of sulfone groups is 1. The molecule has 3 aromatic heterocycles. The molecular formula is C26H20N6O3S. The molecule has 10 heteroatoms. The Labute approximate surface area is 206 Å². The van der Waals surface area contributed by atoms with E-state index in [2.05, 4.69) is 15.3 Å². The van der Waals surface area contributed by atoms with Crippen LogP contribution in [0.1, 0.15) is 5.56 Å². The Morgan fingerprint density at radius 2 is 1.61 bits per heavy atom. The molecule has 0 unspecified atom stereocenters. The topological polar surface area (TPSA) is 115 Å². The third kappa shape index (κ3) is 3.68. The number of benzene rings is 3. The number of aromatic hydroxyl groups is 1. The van der Waals surface area contributed by atoms with Crippen molar-refractivity contribution in [1.29, 1.82) is 0 Å². The predicted octanol–water partition coefficient (Wildman–Crippen LogP) is 3.97. The number of rotatable bonds is 5. The second-order valence-electron chi connectivity index (χ2n) is 8.46. The minimum absolute atomic E-state index is 0.191. The second-order valence-corrected chi connectivity index (χ2v) is 10.5. The maximum Gasteiger partial charge on any atom is 0.246 e. The second kappa shape index (κ2) is 8.28. The molecule has 178 valence electrons. The quantitative estimate of drug-likeness (QED) is 0.384. The van der Waals surface area contributed by atoms with Gasteiger partial charge in [0.15, 0.2) is 27.0 Å². The highest BCUT2D eigenvalue weighted by molar-refractivity contribution is 7.90. The highest BCUT2D eigenvalue weighted by Gasteiger charge is 2.22. The highest BCUT2D eigenvalue weighted by Crippen LogP contribution is 2.32. The van der Waals surface area contributed by atoms with Crippen LogP contribution in [0.25, 0.3) is 39.3 Å². The van der Waals surface area contributed by atoms with Gasteiger partial charge in [-0.1, -0.05) is 54.6 Å². The summed E-state index contributed by atoms with van der Waals surface area (Å²) in [5, 5.41) is 24.2. The third-order valence-corrected chi connectivity index (χ3v) is 7.17. The lowest BCUT2D eigenvalue weighted by molar-refractivity contribution is 0.432. The Hall–Kier alpha value is -4.57.